The van der Waals surface area contributed by atoms with Gasteiger partial charge in [-0.2, -0.15) is 15.2 Å². The number of aromatic nitrogens is 2. The highest BCUT2D eigenvalue weighted by Crippen LogP contribution is 2.36. The lowest BCUT2D eigenvalue weighted by Gasteiger charge is -2.42. The number of piperazine rings is 1. The van der Waals surface area contributed by atoms with Crippen LogP contribution in [0.2, 0.25) is 0 Å². The highest BCUT2D eigenvalue weighted by atomic mass is 16.5. The monoisotopic (exact) mass is 527 g/mol. The van der Waals surface area contributed by atoms with Crippen LogP contribution in [0.3, 0.4) is 0 Å². The molecule has 10 nitrogen and oxygen atoms in total. The fourth-order valence-electron chi connectivity index (χ4n) is 5.88. The van der Waals surface area contributed by atoms with Gasteiger partial charge in [0.05, 0.1) is 43.4 Å². The molecule has 0 saturated carbocycles. The molecule has 0 spiro atoms. The first-order valence-electron chi connectivity index (χ1n) is 13.6. The number of carbonyl (C=O) groups is 1. The van der Waals surface area contributed by atoms with Gasteiger partial charge in [0.2, 0.25) is 5.91 Å². The summed E-state index contributed by atoms with van der Waals surface area (Å²) < 4.78 is 5.71. The number of fused-ring (bicyclic) bond motifs is 2. The molecule has 6 rings (SSSR count). The Morgan fingerprint density at radius 3 is 2.77 bits per heavy atom. The third-order valence-electron chi connectivity index (χ3n) is 7.88. The van der Waals surface area contributed by atoms with Crippen LogP contribution in [0.15, 0.2) is 36.4 Å². The molecule has 0 aliphatic carbocycles. The van der Waals surface area contributed by atoms with E-state index >= 15 is 0 Å². The van der Waals surface area contributed by atoms with Crippen molar-refractivity contribution in [2.24, 2.45) is 0 Å². The van der Waals surface area contributed by atoms with Crippen LogP contribution in [0, 0.1) is 18.3 Å². The number of nitrogens with zero attached hydrogens (tertiary/aromatic N) is 6. The van der Waals surface area contributed by atoms with E-state index in [1.807, 2.05) is 4.90 Å². The van der Waals surface area contributed by atoms with E-state index in [1.54, 1.807) is 0 Å². The number of rotatable bonds is 7. The molecule has 39 heavy (non-hydrogen) atoms. The number of nitriles is 1. The van der Waals surface area contributed by atoms with Gasteiger partial charge in [-0.1, -0.05) is 30.3 Å². The molecular weight excluding hydrogens is 494 g/mol. The molecular formula is C29H33N7O3. The van der Waals surface area contributed by atoms with Crippen molar-refractivity contribution >= 4 is 28.2 Å². The van der Waals surface area contributed by atoms with Crippen LogP contribution < -0.4 is 19.9 Å². The van der Waals surface area contributed by atoms with Gasteiger partial charge >= 0.3 is 6.01 Å². The Labute approximate surface area is 227 Å². The van der Waals surface area contributed by atoms with E-state index in [4.69, 9.17) is 14.7 Å². The van der Waals surface area contributed by atoms with Gasteiger partial charge in [-0.3, -0.25) is 4.79 Å². The number of anilines is 2. The van der Waals surface area contributed by atoms with Crippen molar-refractivity contribution < 1.29 is 14.6 Å². The van der Waals surface area contributed by atoms with Crippen LogP contribution in [0.4, 0.5) is 11.5 Å². The number of amides is 1. The summed E-state index contributed by atoms with van der Waals surface area (Å²) in [7, 11) is 0. The first-order valence-corrected chi connectivity index (χ1v) is 13.6. The summed E-state index contributed by atoms with van der Waals surface area (Å²) in [6, 6.07) is 15.0. The van der Waals surface area contributed by atoms with Crippen molar-refractivity contribution in [3.63, 3.8) is 0 Å². The predicted molar refractivity (Wildman–Crippen MR) is 148 cm³/mol. The van der Waals surface area contributed by atoms with Crippen molar-refractivity contribution in [1.82, 2.24) is 20.2 Å². The molecule has 202 valence electrons. The SMILES string of the molecule is Cc1cccc2cccc(N3CCc4c(nc(OCCO)nc4N4CCN(C(=O)[C@H]5CN5)[C@@H](CC#N)C4)C3)c12. The van der Waals surface area contributed by atoms with Crippen LogP contribution in [0.5, 0.6) is 6.01 Å². The fraction of sp³-hybridized carbons (Fsp3) is 0.448. The van der Waals surface area contributed by atoms with E-state index in [2.05, 4.69) is 64.5 Å². The highest BCUT2D eigenvalue weighted by molar-refractivity contribution is 5.97. The van der Waals surface area contributed by atoms with E-state index in [9.17, 15) is 15.2 Å². The minimum absolute atomic E-state index is 0.0765. The third-order valence-corrected chi connectivity index (χ3v) is 7.88. The molecule has 2 aromatic carbocycles. The Morgan fingerprint density at radius 1 is 1.18 bits per heavy atom. The zero-order chi connectivity index (χ0) is 26.9. The zero-order valence-corrected chi connectivity index (χ0v) is 22.1. The summed E-state index contributed by atoms with van der Waals surface area (Å²) in [5, 5.41) is 24.4. The van der Waals surface area contributed by atoms with E-state index in [0.29, 0.717) is 32.7 Å². The van der Waals surface area contributed by atoms with Gasteiger partial charge in [0.15, 0.2) is 0 Å². The fourth-order valence-corrected chi connectivity index (χ4v) is 5.88. The van der Waals surface area contributed by atoms with E-state index in [1.165, 1.54) is 22.0 Å². The summed E-state index contributed by atoms with van der Waals surface area (Å²) in [4.78, 5) is 28.8. The van der Waals surface area contributed by atoms with Crippen LogP contribution in [-0.4, -0.2) is 83.9 Å². The quantitative estimate of drug-likeness (QED) is 0.442. The Bertz CT molecular complexity index is 1430. The maximum Gasteiger partial charge on any atom is 0.318 e. The first-order chi connectivity index (χ1) is 19.1. The molecule has 0 unspecified atom stereocenters. The highest BCUT2D eigenvalue weighted by Gasteiger charge is 2.39. The number of nitrogens with one attached hydrogen (secondary N) is 1. The zero-order valence-electron chi connectivity index (χ0n) is 22.1. The van der Waals surface area contributed by atoms with Gasteiger partial charge in [0.1, 0.15) is 12.4 Å². The number of carbonyl (C=O) groups excluding carboxylic acids is 1. The van der Waals surface area contributed by atoms with Crippen LogP contribution >= 0.6 is 0 Å². The Morgan fingerprint density at radius 2 is 2.00 bits per heavy atom. The first kappa shape index (κ1) is 25.3. The minimum atomic E-state index is -0.204. The molecule has 2 fully saturated rings. The minimum Gasteiger partial charge on any atom is -0.461 e. The molecule has 3 aromatic rings. The second-order valence-corrected chi connectivity index (χ2v) is 10.4. The number of benzene rings is 2. The smallest absolute Gasteiger partial charge is 0.318 e. The lowest BCUT2D eigenvalue weighted by Crippen LogP contribution is -2.57. The molecule has 10 heteroatoms. The van der Waals surface area contributed by atoms with E-state index < -0.39 is 0 Å². The third kappa shape index (κ3) is 4.95. The standard InChI is InChI=1S/C29H33N7O3/c1-19-4-2-5-20-6-3-7-25(26(19)20)34-11-9-22-24(18-34)32-29(39-15-14-37)33-27(22)35-12-13-36(21(17-35)8-10-30)28(38)23-16-31-23/h2-7,21,23,31,37H,8-9,11-18H2,1H3/t21-,23+/m0/s1. The van der Waals surface area contributed by atoms with Crippen LogP contribution in [0.1, 0.15) is 23.2 Å². The number of aryl methyl sites for hydroxylation is 1. The lowest BCUT2D eigenvalue weighted by molar-refractivity contribution is -0.133. The lowest BCUT2D eigenvalue weighted by atomic mass is 9.99. The molecule has 1 amide bonds. The van der Waals surface area contributed by atoms with Gasteiger partial charge in [-0.15, -0.1) is 0 Å². The number of aliphatic hydroxyl groups excluding tert-OH is 1. The summed E-state index contributed by atoms with van der Waals surface area (Å²) in [5.74, 6) is 0.883. The average molecular weight is 528 g/mol. The van der Waals surface area contributed by atoms with Crippen LogP contribution in [-0.2, 0) is 17.8 Å². The average Bonchev–Trinajstić information content (AvgIpc) is 3.81. The summed E-state index contributed by atoms with van der Waals surface area (Å²) >= 11 is 0. The van der Waals surface area contributed by atoms with E-state index in [0.717, 1.165) is 30.0 Å². The Kier molecular flexibility index (Phi) is 6.94. The van der Waals surface area contributed by atoms with Gasteiger partial charge < -0.3 is 29.9 Å². The number of aliphatic hydroxyl groups is 1. The molecule has 2 saturated heterocycles. The van der Waals surface area contributed by atoms with Gasteiger partial charge in [0.25, 0.3) is 0 Å². The Hall–Kier alpha value is -3.94. The summed E-state index contributed by atoms with van der Waals surface area (Å²) in [6.07, 6.45) is 1.03. The normalized spacial score (nSPS) is 20.5. The number of ether oxygens (including phenoxy) is 1. The van der Waals surface area contributed by atoms with Crippen LogP contribution in [0.25, 0.3) is 10.8 Å². The molecule has 1 aromatic heterocycles. The molecule has 0 radical (unpaired) electrons. The second kappa shape index (κ2) is 10.7. The number of hydrogen-bond donors (Lipinski definition) is 2. The molecule has 0 bridgehead atoms. The van der Waals surface area contributed by atoms with Crippen molar-refractivity contribution in [1.29, 1.82) is 5.26 Å². The predicted octanol–water partition coefficient (Wildman–Crippen LogP) is 1.77. The van der Waals surface area contributed by atoms with Gasteiger partial charge in [0, 0.05) is 49.4 Å². The van der Waals surface area contributed by atoms with Crippen molar-refractivity contribution in [3.05, 3.63) is 53.2 Å². The maximum absolute atomic E-state index is 12.8. The maximum atomic E-state index is 12.8. The van der Waals surface area contributed by atoms with Crippen molar-refractivity contribution in [2.75, 3.05) is 55.7 Å². The molecule has 3 aliphatic heterocycles. The topological polar surface area (TPSA) is 128 Å². The molecule has 3 aliphatic rings. The summed E-state index contributed by atoms with van der Waals surface area (Å²) in [6.45, 7) is 5.95. The molecule has 2 N–H and O–H groups in total. The van der Waals surface area contributed by atoms with Crippen molar-refractivity contribution in [3.8, 4) is 12.1 Å². The molecule has 4 heterocycles. The Balaban J connectivity index is 1.33. The van der Waals surface area contributed by atoms with E-state index in [-0.39, 0.29) is 43.6 Å². The van der Waals surface area contributed by atoms with Gasteiger partial charge in [-0.05, 0) is 30.4 Å². The number of hydrogen-bond acceptors (Lipinski definition) is 9. The second-order valence-electron chi connectivity index (χ2n) is 10.4. The largest absolute Gasteiger partial charge is 0.461 e. The van der Waals surface area contributed by atoms with Gasteiger partial charge in [-0.25, -0.2) is 0 Å². The summed E-state index contributed by atoms with van der Waals surface area (Å²) in [5.41, 5.74) is 4.41. The van der Waals surface area contributed by atoms with Crippen molar-refractivity contribution in [2.45, 2.75) is 38.4 Å². The molecule has 2 atom stereocenters.